The van der Waals surface area contributed by atoms with Crippen molar-refractivity contribution in [3.05, 3.63) is 303 Å². The number of non-ortho nitro benzene ring substituents is 4. The highest BCUT2D eigenvalue weighted by atomic mass is 16.6. The van der Waals surface area contributed by atoms with Crippen molar-refractivity contribution in [3.8, 4) is 0 Å². The minimum absolute atomic E-state index is 0.00366. The molecule has 1 fully saturated rings. The van der Waals surface area contributed by atoms with Gasteiger partial charge in [0.15, 0.2) is 0 Å². The Balaban J connectivity index is 1.28. The molecular formula is C64H64N8O8. The Labute approximate surface area is 465 Å². The Morgan fingerprint density at radius 1 is 0.263 bits per heavy atom. The molecule has 0 bridgehead atoms. The van der Waals surface area contributed by atoms with Crippen LogP contribution in [0.25, 0.3) is 0 Å². The lowest BCUT2D eigenvalue weighted by molar-refractivity contribution is -0.385. The van der Waals surface area contributed by atoms with E-state index in [0.717, 1.165) is 44.5 Å². The zero-order chi connectivity index (χ0) is 55.8. The van der Waals surface area contributed by atoms with E-state index in [1.165, 1.54) is 0 Å². The number of rotatable bonds is 20. The van der Waals surface area contributed by atoms with Crippen LogP contribution in [0, 0.1) is 40.5 Å². The van der Waals surface area contributed by atoms with Gasteiger partial charge in [-0.1, -0.05) is 170 Å². The summed E-state index contributed by atoms with van der Waals surface area (Å²) in [4.78, 5) is 56.8. The van der Waals surface area contributed by atoms with Gasteiger partial charge < -0.3 is 0 Å². The van der Waals surface area contributed by atoms with Crippen molar-refractivity contribution in [1.82, 2.24) is 19.6 Å². The number of benzene rings is 8. The summed E-state index contributed by atoms with van der Waals surface area (Å²) >= 11 is 0. The van der Waals surface area contributed by atoms with Crippen molar-refractivity contribution in [1.29, 1.82) is 0 Å². The zero-order valence-electron chi connectivity index (χ0n) is 44.4. The Morgan fingerprint density at radius 3 is 0.600 bits per heavy atom. The van der Waals surface area contributed by atoms with Gasteiger partial charge in [0.25, 0.3) is 22.7 Å². The van der Waals surface area contributed by atoms with Gasteiger partial charge in [-0.3, -0.25) is 60.1 Å². The first kappa shape index (κ1) is 55.9. The van der Waals surface area contributed by atoms with Crippen LogP contribution in [0.15, 0.2) is 218 Å². The van der Waals surface area contributed by atoms with E-state index in [9.17, 15) is 40.5 Å². The lowest BCUT2D eigenvalue weighted by atomic mass is 9.94. The van der Waals surface area contributed by atoms with Gasteiger partial charge in [-0.2, -0.15) is 0 Å². The largest absolute Gasteiger partial charge is 0.293 e. The number of nitro groups is 4. The summed E-state index contributed by atoms with van der Waals surface area (Å²) in [5.41, 5.74) is 8.12. The molecule has 8 aromatic carbocycles. The highest BCUT2D eigenvalue weighted by Gasteiger charge is 2.36. The molecule has 9 rings (SSSR count). The van der Waals surface area contributed by atoms with Crippen molar-refractivity contribution >= 4 is 22.7 Å². The van der Waals surface area contributed by atoms with Crippen LogP contribution in [-0.2, 0) is 51.9 Å². The van der Waals surface area contributed by atoms with Crippen LogP contribution in [-0.4, -0.2) is 89.6 Å². The topological polar surface area (TPSA) is 186 Å². The average Bonchev–Trinajstić information content (AvgIpc) is 3.49. The van der Waals surface area contributed by atoms with Crippen LogP contribution in [0.3, 0.4) is 0 Å². The van der Waals surface area contributed by atoms with Gasteiger partial charge >= 0.3 is 0 Å². The lowest BCUT2D eigenvalue weighted by Crippen LogP contribution is -2.58. The molecule has 1 aliphatic heterocycles. The zero-order valence-corrected chi connectivity index (χ0v) is 44.4. The van der Waals surface area contributed by atoms with Gasteiger partial charge in [0.1, 0.15) is 0 Å². The molecule has 16 nitrogen and oxygen atoms in total. The fraction of sp³-hybridized carbons (Fsp3) is 0.250. The monoisotopic (exact) mass is 1070 g/mol. The van der Waals surface area contributed by atoms with E-state index < -0.39 is 0 Å². The molecule has 4 atom stereocenters. The van der Waals surface area contributed by atoms with Gasteiger partial charge in [0, 0.05) is 125 Å². The van der Waals surface area contributed by atoms with Crippen LogP contribution < -0.4 is 0 Å². The maximum absolute atomic E-state index is 12.0. The summed E-state index contributed by atoms with van der Waals surface area (Å²) in [6.07, 6.45) is 2.11. The third-order valence-electron chi connectivity index (χ3n) is 15.2. The minimum atomic E-state index is -0.383. The third kappa shape index (κ3) is 15.7. The summed E-state index contributed by atoms with van der Waals surface area (Å²) in [6.45, 7) is 4.33. The molecule has 1 heterocycles. The smallest absolute Gasteiger partial charge is 0.269 e. The molecular weight excluding hydrogens is 1010 g/mol. The molecule has 0 amide bonds. The first-order valence-corrected chi connectivity index (χ1v) is 26.9. The van der Waals surface area contributed by atoms with Gasteiger partial charge in [0.2, 0.25) is 0 Å². The molecule has 0 spiro atoms. The molecule has 0 aliphatic carbocycles. The van der Waals surface area contributed by atoms with Crippen LogP contribution in [0.5, 0.6) is 0 Å². The Hall–Kier alpha value is -8.80. The van der Waals surface area contributed by atoms with Crippen molar-refractivity contribution in [2.45, 2.75) is 76.0 Å². The minimum Gasteiger partial charge on any atom is -0.293 e. The van der Waals surface area contributed by atoms with E-state index in [1.807, 2.05) is 121 Å². The van der Waals surface area contributed by atoms with Gasteiger partial charge in [0.05, 0.1) is 19.7 Å². The molecule has 0 N–H and O–H groups in total. The lowest BCUT2D eigenvalue weighted by Gasteiger charge is -2.47. The van der Waals surface area contributed by atoms with Crippen LogP contribution in [0.2, 0.25) is 0 Å². The first-order chi connectivity index (χ1) is 38.9. The first-order valence-electron chi connectivity index (χ1n) is 26.9. The van der Waals surface area contributed by atoms with E-state index in [2.05, 4.69) is 68.1 Å². The normalized spacial score (nSPS) is 17.9. The fourth-order valence-electron chi connectivity index (χ4n) is 11.1. The molecule has 408 valence electrons. The van der Waals surface area contributed by atoms with Crippen LogP contribution in [0.4, 0.5) is 22.7 Å². The summed E-state index contributed by atoms with van der Waals surface area (Å²) in [5, 5.41) is 48.1. The third-order valence-corrected chi connectivity index (χ3v) is 15.2. The average molecular weight is 1070 g/mol. The molecule has 0 aromatic heterocycles. The van der Waals surface area contributed by atoms with E-state index in [4.69, 9.17) is 0 Å². The fourth-order valence-corrected chi connectivity index (χ4v) is 11.1. The number of hydrogen-bond acceptors (Lipinski definition) is 12. The second-order valence-corrected chi connectivity index (χ2v) is 20.8. The predicted octanol–water partition coefficient (Wildman–Crippen LogP) is 12.1. The Kier molecular flexibility index (Phi) is 19.0. The second-order valence-electron chi connectivity index (χ2n) is 20.8. The number of nitrogens with zero attached hydrogens (tertiary/aromatic N) is 8. The van der Waals surface area contributed by atoms with Crippen molar-refractivity contribution in [2.24, 2.45) is 0 Å². The number of nitro benzene ring substituents is 4. The standard InChI is InChI=1S/C64H64N8O8/c73-69(74)57-29-21-49(22-30-57)37-61-46-66(42-54-15-7-2-8-16-54)63(39-51-25-33-59(34-26-51)71(77)78)48-68(44-56-19-11-4-12-20-56)64(40-52-27-35-60(36-28-52)72(79)80)47-67(43-55-17-9-3-10-18-55)62(38-50-23-31-58(32-24-50)70(75)76)45-65(61)41-53-13-5-1-6-14-53/h1-36,61-64H,37-48H2/t61-,62-,63-,64-/m0/s1. The summed E-state index contributed by atoms with van der Waals surface area (Å²) in [5.74, 6) is 0. The van der Waals surface area contributed by atoms with Crippen molar-refractivity contribution in [2.75, 3.05) is 26.2 Å². The molecule has 1 aliphatic rings. The number of hydrogen-bond donors (Lipinski definition) is 0. The maximum atomic E-state index is 12.0. The summed E-state index contributed by atoms with van der Waals surface area (Å²) in [7, 11) is 0. The van der Waals surface area contributed by atoms with E-state index in [0.29, 0.717) is 78.0 Å². The molecule has 0 unspecified atom stereocenters. The van der Waals surface area contributed by atoms with E-state index in [-0.39, 0.29) is 66.6 Å². The molecule has 0 radical (unpaired) electrons. The Morgan fingerprint density at radius 2 is 0.438 bits per heavy atom. The molecule has 8 aromatic rings. The van der Waals surface area contributed by atoms with Crippen molar-refractivity contribution in [3.63, 3.8) is 0 Å². The molecule has 1 saturated heterocycles. The molecule has 16 heteroatoms. The SMILES string of the molecule is O=[N+]([O-])c1ccc(C[C@H]2CN(Cc3ccccc3)[C@@H](Cc3ccc([N+](=O)[O-])cc3)CN(Cc3ccccc3)[C@@H](Cc3ccc([N+](=O)[O-])cc3)CN(Cc3ccccc3)[C@@H](Cc3ccc([N+](=O)[O-])cc3)CN2Cc2ccccc2)cc1. The van der Waals surface area contributed by atoms with Gasteiger partial charge in [-0.15, -0.1) is 0 Å². The summed E-state index contributed by atoms with van der Waals surface area (Å²) < 4.78 is 0. The predicted molar refractivity (Wildman–Crippen MR) is 310 cm³/mol. The molecule has 0 saturated carbocycles. The van der Waals surface area contributed by atoms with E-state index in [1.54, 1.807) is 48.5 Å². The van der Waals surface area contributed by atoms with Crippen molar-refractivity contribution < 1.29 is 19.7 Å². The Bertz CT molecular complexity index is 2830. The highest BCUT2D eigenvalue weighted by molar-refractivity contribution is 5.37. The maximum Gasteiger partial charge on any atom is 0.269 e. The quantitative estimate of drug-likeness (QED) is 0.0520. The second kappa shape index (κ2) is 27.2. The van der Waals surface area contributed by atoms with Crippen LogP contribution >= 0.6 is 0 Å². The summed E-state index contributed by atoms with van der Waals surface area (Å²) in [6, 6.07) is 67.9. The molecule has 80 heavy (non-hydrogen) atoms. The van der Waals surface area contributed by atoms with Crippen LogP contribution in [0.1, 0.15) is 44.5 Å². The van der Waals surface area contributed by atoms with Gasteiger partial charge in [-0.05, 0) is 70.2 Å². The van der Waals surface area contributed by atoms with E-state index >= 15 is 0 Å². The van der Waals surface area contributed by atoms with Gasteiger partial charge in [-0.25, -0.2) is 0 Å². The highest BCUT2D eigenvalue weighted by Crippen LogP contribution is 2.29.